The molecule has 0 aromatic carbocycles. The first-order valence-electron chi connectivity index (χ1n) is 8.19. The fourth-order valence-corrected chi connectivity index (χ4v) is 5.39. The predicted octanol–water partition coefficient (Wildman–Crippen LogP) is 2.03. The summed E-state index contributed by atoms with van der Waals surface area (Å²) < 4.78 is 6.20. The second kappa shape index (κ2) is 6.75. The van der Waals surface area contributed by atoms with Gasteiger partial charge in [-0.1, -0.05) is 11.6 Å². The summed E-state index contributed by atoms with van der Waals surface area (Å²) in [5.74, 6) is 2.82. The van der Waals surface area contributed by atoms with E-state index >= 15 is 0 Å². The number of likely N-dealkylation sites (tertiary alicyclic amines) is 1. The van der Waals surface area contributed by atoms with Crippen LogP contribution in [0.5, 0.6) is 0 Å². The standard InChI is InChI=1S/C15H27N3O2S/c16-14(17-19)13-3-1-2-7-18(13)12-4-8-20-15(11-12)5-9-21-10-6-15/h12-13,19H,1-11H2,(H2,16,17). The molecule has 3 aliphatic heterocycles. The van der Waals surface area contributed by atoms with E-state index in [0.717, 1.165) is 32.4 Å². The van der Waals surface area contributed by atoms with Gasteiger partial charge in [0.1, 0.15) is 0 Å². The molecule has 0 amide bonds. The fraction of sp³-hybridized carbons (Fsp3) is 0.933. The highest BCUT2D eigenvalue weighted by Gasteiger charge is 2.42. The fourth-order valence-electron chi connectivity index (χ4n) is 4.15. The van der Waals surface area contributed by atoms with E-state index in [1.165, 1.54) is 37.2 Å². The average molecular weight is 313 g/mol. The van der Waals surface area contributed by atoms with Crippen LogP contribution in [0.25, 0.3) is 0 Å². The summed E-state index contributed by atoms with van der Waals surface area (Å²) in [4.78, 5) is 2.49. The van der Waals surface area contributed by atoms with Gasteiger partial charge in [0.05, 0.1) is 11.6 Å². The quantitative estimate of drug-likeness (QED) is 0.353. The van der Waals surface area contributed by atoms with Crippen molar-refractivity contribution in [3.8, 4) is 0 Å². The highest BCUT2D eigenvalue weighted by molar-refractivity contribution is 7.99. The van der Waals surface area contributed by atoms with Crippen molar-refractivity contribution in [2.24, 2.45) is 10.9 Å². The minimum absolute atomic E-state index is 0.0985. The highest BCUT2D eigenvalue weighted by atomic mass is 32.2. The third kappa shape index (κ3) is 3.32. The van der Waals surface area contributed by atoms with Crippen LogP contribution in [0.2, 0.25) is 0 Å². The summed E-state index contributed by atoms with van der Waals surface area (Å²) in [6.07, 6.45) is 7.94. The molecule has 0 aromatic heterocycles. The van der Waals surface area contributed by atoms with Gasteiger partial charge in [-0.05, 0) is 56.6 Å². The topological polar surface area (TPSA) is 71.1 Å². The Morgan fingerprint density at radius 1 is 1.29 bits per heavy atom. The van der Waals surface area contributed by atoms with Crippen LogP contribution in [0.3, 0.4) is 0 Å². The molecule has 0 aliphatic carbocycles. The Kier molecular flexibility index (Phi) is 4.96. The molecule has 5 nitrogen and oxygen atoms in total. The molecule has 3 rings (SSSR count). The van der Waals surface area contributed by atoms with Crippen molar-refractivity contribution >= 4 is 17.6 Å². The maximum absolute atomic E-state index is 9.05. The molecular formula is C15H27N3O2S. The molecule has 0 bridgehead atoms. The number of ether oxygens (including phenoxy) is 1. The molecule has 2 atom stereocenters. The molecule has 120 valence electrons. The van der Waals surface area contributed by atoms with Crippen LogP contribution in [0, 0.1) is 0 Å². The number of hydrogen-bond acceptors (Lipinski definition) is 5. The Morgan fingerprint density at radius 3 is 2.86 bits per heavy atom. The zero-order valence-corrected chi connectivity index (χ0v) is 13.5. The van der Waals surface area contributed by atoms with Crippen molar-refractivity contribution in [3.05, 3.63) is 0 Å². The second-order valence-electron chi connectivity index (χ2n) is 6.56. The summed E-state index contributed by atoms with van der Waals surface area (Å²) in [5.41, 5.74) is 6.04. The summed E-state index contributed by atoms with van der Waals surface area (Å²) in [6, 6.07) is 0.634. The number of nitrogens with two attached hydrogens (primary N) is 1. The third-order valence-electron chi connectivity index (χ3n) is 5.34. The first-order valence-corrected chi connectivity index (χ1v) is 9.34. The van der Waals surface area contributed by atoms with E-state index in [9.17, 15) is 0 Å². The number of rotatable bonds is 2. The number of thioether (sulfide) groups is 1. The smallest absolute Gasteiger partial charge is 0.156 e. The summed E-state index contributed by atoms with van der Waals surface area (Å²) in [5, 5.41) is 12.3. The molecule has 21 heavy (non-hydrogen) atoms. The highest BCUT2D eigenvalue weighted by Crippen LogP contribution is 2.40. The second-order valence-corrected chi connectivity index (χ2v) is 7.79. The van der Waals surface area contributed by atoms with Gasteiger partial charge < -0.3 is 15.7 Å². The molecule has 2 unspecified atom stereocenters. The average Bonchev–Trinajstić information content (AvgIpc) is 2.55. The molecule has 0 radical (unpaired) electrons. The molecule has 0 saturated carbocycles. The van der Waals surface area contributed by atoms with Crippen molar-refractivity contribution in [2.45, 2.75) is 62.6 Å². The molecule has 3 aliphatic rings. The van der Waals surface area contributed by atoms with E-state index < -0.39 is 0 Å². The van der Waals surface area contributed by atoms with E-state index in [1.54, 1.807) is 0 Å². The maximum atomic E-state index is 9.05. The number of amidine groups is 1. The summed E-state index contributed by atoms with van der Waals surface area (Å²) in [6.45, 7) is 1.92. The Balaban J connectivity index is 1.71. The van der Waals surface area contributed by atoms with Gasteiger partial charge in [0.25, 0.3) is 0 Å². The zero-order valence-electron chi connectivity index (χ0n) is 12.7. The lowest BCUT2D eigenvalue weighted by Gasteiger charge is -2.49. The van der Waals surface area contributed by atoms with E-state index in [0.29, 0.717) is 11.9 Å². The van der Waals surface area contributed by atoms with Gasteiger partial charge in [-0.3, -0.25) is 4.90 Å². The largest absolute Gasteiger partial charge is 0.409 e. The lowest BCUT2D eigenvalue weighted by molar-refractivity contribution is -0.114. The van der Waals surface area contributed by atoms with E-state index in [-0.39, 0.29) is 11.6 Å². The van der Waals surface area contributed by atoms with E-state index in [4.69, 9.17) is 15.7 Å². The van der Waals surface area contributed by atoms with E-state index in [2.05, 4.69) is 10.1 Å². The first-order chi connectivity index (χ1) is 10.2. The molecular weight excluding hydrogens is 286 g/mol. The molecule has 6 heteroatoms. The van der Waals surface area contributed by atoms with Gasteiger partial charge in [-0.25, -0.2) is 0 Å². The zero-order chi connectivity index (χ0) is 14.7. The van der Waals surface area contributed by atoms with Gasteiger partial charge in [0, 0.05) is 12.6 Å². The van der Waals surface area contributed by atoms with E-state index in [1.807, 2.05) is 11.8 Å². The molecule has 0 aromatic rings. The number of nitrogens with zero attached hydrogens (tertiary/aromatic N) is 2. The van der Waals surface area contributed by atoms with Gasteiger partial charge in [0.15, 0.2) is 5.84 Å². The number of oxime groups is 1. The van der Waals surface area contributed by atoms with Crippen LogP contribution >= 0.6 is 11.8 Å². The molecule has 3 fully saturated rings. The number of hydrogen-bond donors (Lipinski definition) is 2. The van der Waals surface area contributed by atoms with Gasteiger partial charge in [0.2, 0.25) is 0 Å². The van der Waals surface area contributed by atoms with Crippen LogP contribution < -0.4 is 5.73 Å². The molecule has 3 heterocycles. The van der Waals surface area contributed by atoms with Crippen molar-refractivity contribution in [1.82, 2.24) is 4.90 Å². The SMILES string of the molecule is NC(=NO)C1CCCCN1C1CCOC2(CCSCC2)C1. The Hall–Kier alpha value is -0.460. The Morgan fingerprint density at radius 2 is 2.10 bits per heavy atom. The van der Waals surface area contributed by atoms with Crippen LogP contribution in [0.4, 0.5) is 0 Å². The molecule has 1 spiro atoms. The monoisotopic (exact) mass is 313 g/mol. The molecule has 3 saturated heterocycles. The van der Waals surface area contributed by atoms with Crippen LogP contribution in [0.15, 0.2) is 5.16 Å². The third-order valence-corrected chi connectivity index (χ3v) is 6.33. The predicted molar refractivity (Wildman–Crippen MR) is 86.0 cm³/mol. The van der Waals surface area contributed by atoms with Gasteiger partial charge in [-0.2, -0.15) is 11.8 Å². The number of piperidine rings is 1. The lowest BCUT2D eigenvalue weighted by Crippen LogP contribution is -2.57. The van der Waals surface area contributed by atoms with Crippen LogP contribution in [0.1, 0.15) is 44.9 Å². The van der Waals surface area contributed by atoms with Gasteiger partial charge >= 0.3 is 0 Å². The van der Waals surface area contributed by atoms with Crippen molar-refractivity contribution in [3.63, 3.8) is 0 Å². The normalized spacial score (nSPS) is 35.0. The van der Waals surface area contributed by atoms with Crippen LogP contribution in [-0.4, -0.2) is 58.3 Å². The summed E-state index contributed by atoms with van der Waals surface area (Å²) >= 11 is 2.04. The minimum atomic E-state index is 0.0985. The maximum Gasteiger partial charge on any atom is 0.156 e. The van der Waals surface area contributed by atoms with Crippen molar-refractivity contribution < 1.29 is 9.94 Å². The Labute approximate surface area is 131 Å². The molecule has 3 N–H and O–H groups in total. The Bertz CT molecular complexity index is 380. The van der Waals surface area contributed by atoms with Crippen molar-refractivity contribution in [1.29, 1.82) is 0 Å². The van der Waals surface area contributed by atoms with Crippen molar-refractivity contribution in [2.75, 3.05) is 24.7 Å². The van der Waals surface area contributed by atoms with Gasteiger partial charge in [-0.15, -0.1) is 0 Å². The van der Waals surface area contributed by atoms with Crippen LogP contribution in [-0.2, 0) is 4.74 Å². The summed E-state index contributed by atoms with van der Waals surface area (Å²) in [7, 11) is 0. The lowest BCUT2D eigenvalue weighted by atomic mass is 9.83. The first kappa shape index (κ1) is 15.4. The minimum Gasteiger partial charge on any atom is -0.409 e.